The van der Waals surface area contributed by atoms with Crippen molar-refractivity contribution in [2.24, 2.45) is 0 Å². The molecular formula is C18H18N2O. The van der Waals surface area contributed by atoms with Crippen LogP contribution < -0.4 is 5.32 Å². The average molecular weight is 278 g/mol. The minimum absolute atomic E-state index is 0.0742. The normalized spacial score (nSPS) is 12.4. The molecule has 1 heterocycles. The van der Waals surface area contributed by atoms with E-state index in [1.807, 2.05) is 43.5 Å². The summed E-state index contributed by atoms with van der Waals surface area (Å²) >= 11 is 0. The number of benzene rings is 2. The number of nitrogens with one attached hydrogen (secondary N) is 1. The van der Waals surface area contributed by atoms with Crippen molar-refractivity contribution in [3.63, 3.8) is 0 Å². The van der Waals surface area contributed by atoms with E-state index in [-0.39, 0.29) is 6.04 Å². The van der Waals surface area contributed by atoms with Crippen LogP contribution >= 0.6 is 0 Å². The van der Waals surface area contributed by atoms with E-state index in [1.54, 1.807) is 6.07 Å². The molecule has 3 rings (SSSR count). The highest BCUT2D eigenvalue weighted by molar-refractivity contribution is 5.81. The Balaban J connectivity index is 1.79. The quantitative estimate of drug-likeness (QED) is 0.763. The molecule has 21 heavy (non-hydrogen) atoms. The number of hydrogen-bond acceptors (Lipinski definition) is 3. The van der Waals surface area contributed by atoms with Gasteiger partial charge in [-0.1, -0.05) is 42.5 Å². The van der Waals surface area contributed by atoms with Gasteiger partial charge in [0, 0.05) is 29.7 Å². The molecule has 0 saturated carbocycles. The summed E-state index contributed by atoms with van der Waals surface area (Å²) in [5, 5.41) is 14.5. The molecule has 0 saturated heterocycles. The van der Waals surface area contributed by atoms with E-state index in [0.29, 0.717) is 12.3 Å². The van der Waals surface area contributed by atoms with Crippen LogP contribution in [0, 0.1) is 0 Å². The number of aromatic nitrogens is 1. The Morgan fingerprint density at radius 1 is 1.05 bits per heavy atom. The van der Waals surface area contributed by atoms with Crippen molar-refractivity contribution in [2.45, 2.75) is 19.5 Å². The lowest BCUT2D eigenvalue weighted by Crippen LogP contribution is -2.18. The zero-order chi connectivity index (χ0) is 14.7. The molecule has 0 aliphatic rings. The summed E-state index contributed by atoms with van der Waals surface area (Å²) in [7, 11) is 0. The monoisotopic (exact) mass is 278 g/mol. The number of pyridine rings is 1. The molecule has 0 fully saturated rings. The van der Waals surface area contributed by atoms with Gasteiger partial charge < -0.3 is 10.4 Å². The van der Waals surface area contributed by atoms with Crippen LogP contribution in [0.25, 0.3) is 10.9 Å². The van der Waals surface area contributed by atoms with Crippen LogP contribution in [0.15, 0.2) is 60.8 Å². The van der Waals surface area contributed by atoms with E-state index in [2.05, 4.69) is 28.5 Å². The van der Waals surface area contributed by atoms with Crippen LogP contribution in [-0.2, 0) is 6.54 Å². The van der Waals surface area contributed by atoms with E-state index < -0.39 is 0 Å². The second-order valence-electron chi connectivity index (χ2n) is 5.15. The summed E-state index contributed by atoms with van der Waals surface area (Å²) in [6, 6.07) is 17.7. The Morgan fingerprint density at radius 3 is 2.71 bits per heavy atom. The number of nitrogens with zero attached hydrogens (tertiary/aromatic N) is 1. The Labute approximate surface area is 124 Å². The third-order valence-electron chi connectivity index (χ3n) is 3.72. The van der Waals surface area contributed by atoms with E-state index in [1.165, 1.54) is 0 Å². The maximum Gasteiger partial charge on any atom is 0.120 e. The second kappa shape index (κ2) is 5.94. The molecule has 106 valence electrons. The molecule has 1 unspecified atom stereocenters. The van der Waals surface area contributed by atoms with E-state index in [0.717, 1.165) is 22.0 Å². The predicted octanol–water partition coefficient (Wildman–Crippen LogP) is 3.79. The summed E-state index contributed by atoms with van der Waals surface area (Å²) in [5.74, 6) is 0.327. The van der Waals surface area contributed by atoms with Gasteiger partial charge in [0.05, 0.1) is 5.52 Å². The van der Waals surface area contributed by atoms with E-state index >= 15 is 0 Å². The highest BCUT2D eigenvalue weighted by atomic mass is 16.3. The van der Waals surface area contributed by atoms with Gasteiger partial charge in [0.15, 0.2) is 0 Å². The fourth-order valence-corrected chi connectivity index (χ4v) is 2.54. The van der Waals surface area contributed by atoms with Gasteiger partial charge in [-0.15, -0.1) is 0 Å². The van der Waals surface area contributed by atoms with Gasteiger partial charge in [0.1, 0.15) is 5.75 Å². The van der Waals surface area contributed by atoms with Crippen molar-refractivity contribution >= 4 is 10.9 Å². The molecule has 0 spiro atoms. The molecule has 3 aromatic rings. The molecule has 2 N–H and O–H groups in total. The maximum atomic E-state index is 9.90. The molecule has 1 aromatic heterocycles. The lowest BCUT2D eigenvalue weighted by molar-refractivity contribution is 0.452. The van der Waals surface area contributed by atoms with Gasteiger partial charge in [0.2, 0.25) is 0 Å². The van der Waals surface area contributed by atoms with Crippen molar-refractivity contribution in [3.8, 4) is 5.75 Å². The summed E-state index contributed by atoms with van der Waals surface area (Å²) in [6.45, 7) is 2.76. The zero-order valence-electron chi connectivity index (χ0n) is 12.0. The van der Waals surface area contributed by atoms with Crippen molar-refractivity contribution in [1.82, 2.24) is 10.3 Å². The minimum atomic E-state index is 0.0742. The standard InChI is InChI=1S/C18H18N2O/c1-13(16-9-2-3-10-17(16)21)20-12-15-7-4-6-14-8-5-11-19-18(14)15/h2-11,13,20-21H,12H2,1H3. The smallest absolute Gasteiger partial charge is 0.120 e. The van der Waals surface area contributed by atoms with Crippen LogP contribution in [-0.4, -0.2) is 10.1 Å². The third-order valence-corrected chi connectivity index (χ3v) is 3.72. The number of fused-ring (bicyclic) bond motifs is 1. The van der Waals surface area contributed by atoms with Crippen molar-refractivity contribution in [2.75, 3.05) is 0 Å². The highest BCUT2D eigenvalue weighted by Crippen LogP contribution is 2.24. The van der Waals surface area contributed by atoms with E-state index in [4.69, 9.17) is 0 Å². The van der Waals surface area contributed by atoms with Crippen LogP contribution in [0.5, 0.6) is 5.75 Å². The van der Waals surface area contributed by atoms with Crippen LogP contribution in [0.3, 0.4) is 0 Å². The average Bonchev–Trinajstić information content (AvgIpc) is 2.53. The summed E-state index contributed by atoms with van der Waals surface area (Å²) in [6.07, 6.45) is 1.82. The lowest BCUT2D eigenvalue weighted by Gasteiger charge is -2.16. The Morgan fingerprint density at radius 2 is 1.86 bits per heavy atom. The first-order chi connectivity index (χ1) is 10.3. The third kappa shape index (κ3) is 2.88. The molecule has 1 atom stereocenters. The zero-order valence-corrected chi connectivity index (χ0v) is 12.0. The first-order valence-corrected chi connectivity index (χ1v) is 7.09. The molecule has 0 amide bonds. The highest BCUT2D eigenvalue weighted by Gasteiger charge is 2.10. The Bertz CT molecular complexity index is 750. The number of phenols is 1. The number of phenolic OH excluding ortho intramolecular Hbond substituents is 1. The van der Waals surface area contributed by atoms with Gasteiger partial charge in [-0.25, -0.2) is 0 Å². The van der Waals surface area contributed by atoms with Crippen LogP contribution in [0.1, 0.15) is 24.1 Å². The fraction of sp³-hybridized carbons (Fsp3) is 0.167. The first kappa shape index (κ1) is 13.6. The van der Waals surface area contributed by atoms with Crippen LogP contribution in [0.4, 0.5) is 0 Å². The van der Waals surface area contributed by atoms with Gasteiger partial charge in [-0.3, -0.25) is 4.98 Å². The molecule has 3 heteroatoms. The lowest BCUT2D eigenvalue weighted by atomic mass is 10.1. The summed E-state index contributed by atoms with van der Waals surface area (Å²) < 4.78 is 0. The Hall–Kier alpha value is -2.39. The van der Waals surface area contributed by atoms with Crippen LogP contribution in [0.2, 0.25) is 0 Å². The van der Waals surface area contributed by atoms with E-state index in [9.17, 15) is 5.11 Å². The van der Waals surface area contributed by atoms with Gasteiger partial charge in [-0.2, -0.15) is 0 Å². The minimum Gasteiger partial charge on any atom is -0.508 e. The Kier molecular flexibility index (Phi) is 3.84. The molecule has 2 aromatic carbocycles. The number of hydrogen-bond donors (Lipinski definition) is 2. The van der Waals surface area contributed by atoms with Crippen molar-refractivity contribution in [3.05, 3.63) is 71.9 Å². The number of para-hydroxylation sites is 2. The maximum absolute atomic E-state index is 9.90. The molecule has 0 bridgehead atoms. The number of rotatable bonds is 4. The summed E-state index contributed by atoms with van der Waals surface area (Å²) in [4.78, 5) is 4.46. The topological polar surface area (TPSA) is 45.2 Å². The van der Waals surface area contributed by atoms with Crippen molar-refractivity contribution < 1.29 is 5.11 Å². The molecular weight excluding hydrogens is 260 g/mol. The van der Waals surface area contributed by atoms with Gasteiger partial charge >= 0.3 is 0 Å². The summed E-state index contributed by atoms with van der Waals surface area (Å²) in [5.41, 5.74) is 3.10. The number of aromatic hydroxyl groups is 1. The van der Waals surface area contributed by atoms with Crippen molar-refractivity contribution in [1.29, 1.82) is 0 Å². The molecule has 0 aliphatic carbocycles. The molecule has 0 aliphatic heterocycles. The molecule has 0 radical (unpaired) electrons. The second-order valence-corrected chi connectivity index (χ2v) is 5.15. The first-order valence-electron chi connectivity index (χ1n) is 7.09. The largest absolute Gasteiger partial charge is 0.508 e. The van der Waals surface area contributed by atoms with Gasteiger partial charge in [0.25, 0.3) is 0 Å². The predicted molar refractivity (Wildman–Crippen MR) is 85.1 cm³/mol. The molecule has 3 nitrogen and oxygen atoms in total. The fourth-order valence-electron chi connectivity index (χ4n) is 2.54. The SMILES string of the molecule is CC(NCc1cccc2cccnc12)c1ccccc1O. The van der Waals surface area contributed by atoms with Gasteiger partial charge in [-0.05, 0) is 24.6 Å².